The molecule has 1 amide bonds. The number of rotatable bonds is 4. The van der Waals surface area contributed by atoms with E-state index in [-0.39, 0.29) is 11.4 Å². The minimum Gasteiger partial charge on any atom is -0.448 e. The van der Waals surface area contributed by atoms with Gasteiger partial charge >= 0.3 is 5.97 Å². The first-order valence-corrected chi connectivity index (χ1v) is 6.07. The molecule has 0 aliphatic rings. The van der Waals surface area contributed by atoms with Gasteiger partial charge in [0.15, 0.2) is 6.10 Å². The zero-order valence-electron chi connectivity index (χ0n) is 11.0. The Bertz CT molecular complexity index is 656. The molecule has 0 fully saturated rings. The van der Waals surface area contributed by atoms with E-state index in [0.29, 0.717) is 6.07 Å². The summed E-state index contributed by atoms with van der Waals surface area (Å²) in [6.07, 6.45) is 0.403. The molecule has 1 aromatic carbocycles. The van der Waals surface area contributed by atoms with Crippen molar-refractivity contribution in [3.05, 3.63) is 53.9 Å². The molecule has 0 saturated heterocycles. The third kappa shape index (κ3) is 3.65. The normalized spacial score (nSPS) is 11.8. The van der Waals surface area contributed by atoms with Gasteiger partial charge in [-0.15, -0.1) is 0 Å². The summed E-state index contributed by atoms with van der Waals surface area (Å²) in [5.74, 6) is -3.09. The van der Waals surface area contributed by atoms with Crippen LogP contribution in [0.15, 0.2) is 36.5 Å². The Hall–Kier alpha value is -2.70. The van der Waals surface area contributed by atoms with Crippen molar-refractivity contribution in [2.45, 2.75) is 13.0 Å². The Kier molecular flexibility index (Phi) is 4.32. The Balaban J connectivity index is 1.98. The van der Waals surface area contributed by atoms with Crippen molar-refractivity contribution in [3.63, 3.8) is 0 Å². The Morgan fingerprint density at radius 1 is 1.29 bits per heavy atom. The van der Waals surface area contributed by atoms with E-state index >= 15 is 0 Å². The van der Waals surface area contributed by atoms with Crippen LogP contribution in [0, 0.1) is 11.6 Å². The number of esters is 1. The highest BCUT2D eigenvalue weighted by molar-refractivity contribution is 5.96. The van der Waals surface area contributed by atoms with Gasteiger partial charge in [0.25, 0.3) is 5.91 Å². The second-order valence-electron chi connectivity index (χ2n) is 4.24. The van der Waals surface area contributed by atoms with Crippen LogP contribution in [-0.2, 0) is 9.53 Å². The second-order valence-corrected chi connectivity index (χ2v) is 4.24. The van der Waals surface area contributed by atoms with Gasteiger partial charge in [0.1, 0.15) is 17.3 Å². The molecular weight excluding hydrogens is 282 g/mol. The van der Waals surface area contributed by atoms with Crippen molar-refractivity contribution < 1.29 is 23.1 Å². The number of nitrogens with one attached hydrogen (secondary N) is 2. The monoisotopic (exact) mass is 294 g/mol. The van der Waals surface area contributed by atoms with Crippen LogP contribution in [0.4, 0.5) is 14.5 Å². The first-order valence-electron chi connectivity index (χ1n) is 6.07. The van der Waals surface area contributed by atoms with E-state index in [1.54, 1.807) is 6.07 Å². The number of carbonyl (C=O) groups is 2. The lowest BCUT2D eigenvalue weighted by Gasteiger charge is -2.13. The van der Waals surface area contributed by atoms with E-state index in [4.69, 9.17) is 4.74 Å². The van der Waals surface area contributed by atoms with Crippen LogP contribution >= 0.6 is 0 Å². The van der Waals surface area contributed by atoms with Crippen LogP contribution in [0.3, 0.4) is 0 Å². The van der Waals surface area contributed by atoms with Crippen molar-refractivity contribution in [1.82, 2.24) is 4.98 Å². The zero-order valence-corrected chi connectivity index (χ0v) is 11.0. The maximum absolute atomic E-state index is 13.4. The standard InChI is InChI=1S/C14H12F2N2O3/c1-8(21-14(20)12-3-2-6-17-12)13(19)18-11-5-4-9(15)7-10(11)16/h2-8,17H,1H3,(H,18,19)/t8-/m1/s1. The van der Waals surface area contributed by atoms with Crippen LogP contribution in [0.5, 0.6) is 0 Å². The van der Waals surface area contributed by atoms with E-state index in [1.165, 1.54) is 19.2 Å². The van der Waals surface area contributed by atoms with Crippen molar-refractivity contribution in [3.8, 4) is 0 Å². The van der Waals surface area contributed by atoms with Gasteiger partial charge in [-0.1, -0.05) is 0 Å². The summed E-state index contributed by atoms with van der Waals surface area (Å²) in [5, 5.41) is 2.22. The number of benzene rings is 1. The molecule has 0 saturated carbocycles. The topological polar surface area (TPSA) is 71.2 Å². The fourth-order valence-electron chi connectivity index (χ4n) is 1.56. The number of hydrogen-bond donors (Lipinski definition) is 2. The van der Waals surface area contributed by atoms with Crippen LogP contribution < -0.4 is 5.32 Å². The van der Waals surface area contributed by atoms with E-state index in [0.717, 1.165) is 12.1 Å². The van der Waals surface area contributed by atoms with E-state index in [9.17, 15) is 18.4 Å². The van der Waals surface area contributed by atoms with Gasteiger partial charge in [-0.25, -0.2) is 13.6 Å². The predicted octanol–water partition coefficient (Wildman–Crippen LogP) is 2.48. The van der Waals surface area contributed by atoms with Gasteiger partial charge in [0, 0.05) is 12.3 Å². The summed E-state index contributed by atoms with van der Waals surface area (Å²) in [5.41, 5.74) is 0.00628. The molecule has 2 N–H and O–H groups in total. The third-order valence-corrected chi connectivity index (χ3v) is 2.66. The Morgan fingerprint density at radius 2 is 2.05 bits per heavy atom. The largest absolute Gasteiger partial charge is 0.448 e. The molecular formula is C14H12F2N2O3. The number of carbonyl (C=O) groups excluding carboxylic acids is 2. The van der Waals surface area contributed by atoms with E-state index in [2.05, 4.69) is 10.3 Å². The number of aromatic amines is 1. The highest BCUT2D eigenvalue weighted by atomic mass is 19.1. The van der Waals surface area contributed by atoms with E-state index < -0.39 is 29.6 Å². The zero-order chi connectivity index (χ0) is 15.4. The van der Waals surface area contributed by atoms with E-state index in [1.807, 2.05) is 0 Å². The average molecular weight is 294 g/mol. The van der Waals surface area contributed by atoms with Crippen LogP contribution in [-0.4, -0.2) is 23.0 Å². The molecule has 1 atom stereocenters. The van der Waals surface area contributed by atoms with Crippen molar-refractivity contribution in [1.29, 1.82) is 0 Å². The summed E-state index contributed by atoms with van der Waals surface area (Å²) in [6.45, 7) is 1.34. The highest BCUT2D eigenvalue weighted by Gasteiger charge is 2.20. The first-order chi connectivity index (χ1) is 9.97. The number of amides is 1. The van der Waals surface area contributed by atoms with Crippen LogP contribution in [0.2, 0.25) is 0 Å². The molecule has 1 heterocycles. The minimum atomic E-state index is -1.13. The number of hydrogen-bond acceptors (Lipinski definition) is 3. The Labute approximate surface area is 118 Å². The lowest BCUT2D eigenvalue weighted by molar-refractivity contribution is -0.123. The quantitative estimate of drug-likeness (QED) is 0.851. The van der Waals surface area contributed by atoms with Gasteiger partial charge in [0.2, 0.25) is 0 Å². The molecule has 0 unspecified atom stereocenters. The summed E-state index contributed by atoms with van der Waals surface area (Å²) in [4.78, 5) is 26.1. The molecule has 0 aliphatic carbocycles. The van der Waals surface area contributed by atoms with Crippen molar-refractivity contribution in [2.24, 2.45) is 0 Å². The lowest BCUT2D eigenvalue weighted by Crippen LogP contribution is -2.30. The second kappa shape index (κ2) is 6.17. The highest BCUT2D eigenvalue weighted by Crippen LogP contribution is 2.15. The maximum atomic E-state index is 13.4. The molecule has 2 rings (SSSR count). The minimum absolute atomic E-state index is 0.191. The number of aromatic nitrogens is 1. The number of anilines is 1. The molecule has 21 heavy (non-hydrogen) atoms. The number of ether oxygens (including phenoxy) is 1. The SMILES string of the molecule is C[C@@H](OC(=O)c1ccc[nH]1)C(=O)Nc1ccc(F)cc1F. The molecule has 0 aliphatic heterocycles. The molecule has 0 radical (unpaired) electrons. The third-order valence-electron chi connectivity index (χ3n) is 2.66. The smallest absolute Gasteiger partial charge is 0.355 e. The maximum Gasteiger partial charge on any atom is 0.355 e. The lowest BCUT2D eigenvalue weighted by atomic mass is 10.2. The predicted molar refractivity (Wildman–Crippen MR) is 70.7 cm³/mol. The van der Waals surface area contributed by atoms with Gasteiger partial charge in [-0.2, -0.15) is 0 Å². The summed E-state index contributed by atoms with van der Waals surface area (Å²) in [7, 11) is 0. The summed E-state index contributed by atoms with van der Waals surface area (Å²) >= 11 is 0. The number of H-pyrrole nitrogens is 1. The summed E-state index contributed by atoms with van der Waals surface area (Å²) < 4.78 is 31.1. The molecule has 7 heteroatoms. The fourth-order valence-corrected chi connectivity index (χ4v) is 1.56. The van der Waals surface area contributed by atoms with Gasteiger partial charge in [-0.05, 0) is 31.2 Å². The summed E-state index contributed by atoms with van der Waals surface area (Å²) in [6, 6.07) is 5.84. The van der Waals surface area contributed by atoms with Crippen LogP contribution in [0.1, 0.15) is 17.4 Å². The van der Waals surface area contributed by atoms with Crippen molar-refractivity contribution in [2.75, 3.05) is 5.32 Å². The fraction of sp³-hybridized carbons (Fsp3) is 0.143. The molecule has 1 aromatic heterocycles. The molecule has 0 spiro atoms. The van der Waals surface area contributed by atoms with Crippen LogP contribution in [0.25, 0.3) is 0 Å². The Morgan fingerprint density at radius 3 is 2.67 bits per heavy atom. The first kappa shape index (κ1) is 14.7. The van der Waals surface area contributed by atoms with Gasteiger partial charge < -0.3 is 15.0 Å². The van der Waals surface area contributed by atoms with Crippen molar-refractivity contribution >= 4 is 17.6 Å². The van der Waals surface area contributed by atoms with Gasteiger partial charge in [-0.3, -0.25) is 4.79 Å². The molecule has 110 valence electrons. The molecule has 0 bridgehead atoms. The molecule has 5 nitrogen and oxygen atoms in total. The van der Waals surface area contributed by atoms with Gasteiger partial charge in [0.05, 0.1) is 5.69 Å². The number of halogens is 2. The molecule has 2 aromatic rings. The average Bonchev–Trinajstić information content (AvgIpc) is 2.95.